The summed E-state index contributed by atoms with van der Waals surface area (Å²) in [5.41, 5.74) is 1.37. The van der Waals surface area contributed by atoms with Gasteiger partial charge in [-0.2, -0.15) is 0 Å². The topological polar surface area (TPSA) is 24.5 Å². The van der Waals surface area contributed by atoms with Crippen molar-refractivity contribution in [1.29, 1.82) is 0 Å². The number of hydrogen-bond donors (Lipinski definition) is 1. The normalized spacial score (nSPS) is 23.5. The number of piperazine rings is 1. The molecule has 1 fully saturated rings. The van der Waals surface area contributed by atoms with Crippen LogP contribution in [0.2, 0.25) is 0 Å². The Labute approximate surface area is 132 Å². The molecule has 0 radical (unpaired) electrons. The predicted octanol–water partition coefficient (Wildman–Crippen LogP) is 3.80. The highest BCUT2D eigenvalue weighted by molar-refractivity contribution is 9.11. The molecule has 1 heterocycles. The molecule has 1 unspecified atom stereocenters. The molecule has 19 heavy (non-hydrogen) atoms. The molecule has 1 atom stereocenters. The Morgan fingerprint density at radius 3 is 2.74 bits per heavy atom. The number of nitrogens with zero attached hydrogens (tertiary/aromatic N) is 1. The maximum atomic E-state index is 5.40. The predicted molar refractivity (Wildman–Crippen MR) is 87.3 cm³/mol. The van der Waals surface area contributed by atoms with Crippen LogP contribution in [0.5, 0.6) is 5.75 Å². The van der Waals surface area contributed by atoms with E-state index in [1.54, 1.807) is 7.11 Å². The van der Waals surface area contributed by atoms with E-state index in [4.69, 9.17) is 4.74 Å². The molecule has 0 bridgehead atoms. The summed E-state index contributed by atoms with van der Waals surface area (Å²) in [4.78, 5) is 2.42. The molecule has 1 saturated heterocycles. The van der Waals surface area contributed by atoms with Crippen LogP contribution in [0.3, 0.4) is 0 Å². The Morgan fingerprint density at radius 2 is 2.11 bits per heavy atom. The van der Waals surface area contributed by atoms with E-state index in [2.05, 4.69) is 68.1 Å². The largest absolute Gasteiger partial charge is 0.495 e. The van der Waals surface area contributed by atoms with E-state index in [-0.39, 0.29) is 5.54 Å². The van der Waals surface area contributed by atoms with Crippen LogP contribution >= 0.6 is 31.9 Å². The smallest absolute Gasteiger partial charge is 0.135 e. The third kappa shape index (κ3) is 3.26. The Balaban J connectivity index is 2.31. The molecule has 2 rings (SSSR count). The van der Waals surface area contributed by atoms with Gasteiger partial charge in [0.1, 0.15) is 5.75 Å². The van der Waals surface area contributed by atoms with E-state index in [0.717, 1.165) is 40.8 Å². The summed E-state index contributed by atoms with van der Waals surface area (Å²) in [6, 6.07) is 4.15. The van der Waals surface area contributed by atoms with Crippen molar-refractivity contribution in [1.82, 2.24) is 5.32 Å². The molecule has 0 aromatic heterocycles. The second kappa shape index (κ2) is 6.02. The molecular formula is C14H20Br2N2O. The van der Waals surface area contributed by atoms with Gasteiger partial charge < -0.3 is 15.0 Å². The molecule has 5 heteroatoms. The highest BCUT2D eigenvalue weighted by Gasteiger charge is 2.29. The molecule has 0 saturated carbocycles. The monoisotopic (exact) mass is 390 g/mol. The molecule has 0 spiro atoms. The summed E-state index contributed by atoms with van der Waals surface area (Å²) in [5.74, 6) is 0.870. The third-order valence-corrected chi connectivity index (χ3v) is 5.07. The summed E-state index contributed by atoms with van der Waals surface area (Å²) >= 11 is 7.17. The highest BCUT2D eigenvalue weighted by atomic mass is 79.9. The fraction of sp³-hybridized carbons (Fsp3) is 0.571. The maximum absolute atomic E-state index is 5.40. The minimum absolute atomic E-state index is 0.179. The number of methoxy groups -OCH3 is 1. The first-order valence-corrected chi connectivity index (χ1v) is 8.10. The van der Waals surface area contributed by atoms with Crippen molar-refractivity contribution < 1.29 is 4.74 Å². The summed E-state index contributed by atoms with van der Waals surface area (Å²) < 4.78 is 7.47. The number of halogens is 2. The molecule has 1 aliphatic rings. The van der Waals surface area contributed by atoms with Gasteiger partial charge in [0.2, 0.25) is 0 Å². The second-order valence-electron chi connectivity index (χ2n) is 5.20. The summed E-state index contributed by atoms with van der Waals surface area (Å²) in [6.07, 6.45) is 1.12. The van der Waals surface area contributed by atoms with E-state index >= 15 is 0 Å². The average Bonchev–Trinajstić information content (AvgIpc) is 2.39. The molecule has 1 aromatic carbocycles. The van der Waals surface area contributed by atoms with Crippen LogP contribution < -0.4 is 15.0 Å². The van der Waals surface area contributed by atoms with Crippen molar-refractivity contribution in [2.24, 2.45) is 0 Å². The van der Waals surface area contributed by atoms with Crippen LogP contribution in [0.4, 0.5) is 5.69 Å². The first kappa shape index (κ1) is 15.1. The minimum Gasteiger partial charge on any atom is -0.495 e. The lowest BCUT2D eigenvalue weighted by Crippen LogP contribution is -2.58. The highest BCUT2D eigenvalue weighted by Crippen LogP contribution is 2.37. The molecule has 106 valence electrons. The van der Waals surface area contributed by atoms with Gasteiger partial charge in [-0.25, -0.2) is 0 Å². The van der Waals surface area contributed by atoms with Gasteiger partial charge >= 0.3 is 0 Å². The van der Waals surface area contributed by atoms with Crippen LogP contribution in [0, 0.1) is 0 Å². The first-order chi connectivity index (χ1) is 8.99. The van der Waals surface area contributed by atoms with Crippen molar-refractivity contribution in [3.05, 3.63) is 21.1 Å². The lowest BCUT2D eigenvalue weighted by atomic mass is 9.95. The quantitative estimate of drug-likeness (QED) is 0.847. The summed E-state index contributed by atoms with van der Waals surface area (Å²) in [7, 11) is 1.70. The van der Waals surface area contributed by atoms with Gasteiger partial charge in [0.15, 0.2) is 0 Å². The molecule has 0 aliphatic carbocycles. The molecule has 0 amide bonds. The zero-order valence-electron chi connectivity index (χ0n) is 11.6. The Morgan fingerprint density at radius 1 is 1.37 bits per heavy atom. The summed E-state index contributed by atoms with van der Waals surface area (Å²) in [5, 5.41) is 3.61. The Kier molecular flexibility index (Phi) is 4.79. The van der Waals surface area contributed by atoms with Crippen molar-refractivity contribution in [2.75, 3.05) is 31.6 Å². The van der Waals surface area contributed by atoms with Gasteiger partial charge in [0.25, 0.3) is 0 Å². The number of anilines is 1. The van der Waals surface area contributed by atoms with Crippen molar-refractivity contribution >= 4 is 37.5 Å². The third-order valence-electron chi connectivity index (χ3n) is 3.82. The van der Waals surface area contributed by atoms with Crippen LogP contribution in [-0.4, -0.2) is 32.3 Å². The van der Waals surface area contributed by atoms with Gasteiger partial charge in [-0.15, -0.1) is 0 Å². The van der Waals surface area contributed by atoms with Crippen molar-refractivity contribution in [3.63, 3.8) is 0 Å². The van der Waals surface area contributed by atoms with Gasteiger partial charge in [-0.05, 0) is 51.3 Å². The van der Waals surface area contributed by atoms with Crippen molar-refractivity contribution in [3.8, 4) is 5.75 Å². The SMILES string of the molecule is CCC1(C)CN(c2cc(OC)c(Br)cc2Br)CCN1. The summed E-state index contributed by atoms with van der Waals surface area (Å²) in [6.45, 7) is 7.54. The standard InChI is InChI=1S/C14H20Br2N2O/c1-4-14(2)9-18(6-5-17-14)12-8-13(19-3)11(16)7-10(12)15/h7-8,17H,4-6,9H2,1-3H3. The number of hydrogen-bond acceptors (Lipinski definition) is 3. The van der Waals surface area contributed by atoms with Crippen molar-refractivity contribution in [2.45, 2.75) is 25.8 Å². The van der Waals surface area contributed by atoms with E-state index in [1.807, 2.05) is 0 Å². The second-order valence-corrected chi connectivity index (χ2v) is 6.91. The van der Waals surface area contributed by atoms with Crippen LogP contribution in [-0.2, 0) is 0 Å². The zero-order valence-corrected chi connectivity index (χ0v) is 14.8. The Bertz CT molecular complexity index is 467. The minimum atomic E-state index is 0.179. The molecule has 3 nitrogen and oxygen atoms in total. The lowest BCUT2D eigenvalue weighted by molar-refractivity contribution is 0.313. The molecule has 1 aromatic rings. The molecule has 1 N–H and O–H groups in total. The number of ether oxygens (including phenoxy) is 1. The fourth-order valence-corrected chi connectivity index (χ4v) is 3.82. The number of rotatable bonds is 3. The van der Waals surface area contributed by atoms with Gasteiger partial charge in [0.05, 0.1) is 17.3 Å². The van der Waals surface area contributed by atoms with Gasteiger partial charge in [-0.1, -0.05) is 6.92 Å². The van der Waals surface area contributed by atoms with E-state index in [1.165, 1.54) is 5.69 Å². The Hall–Kier alpha value is -0.260. The van der Waals surface area contributed by atoms with E-state index < -0.39 is 0 Å². The van der Waals surface area contributed by atoms with Gasteiger partial charge in [0, 0.05) is 35.7 Å². The number of benzene rings is 1. The molecular weight excluding hydrogens is 372 g/mol. The lowest BCUT2D eigenvalue weighted by Gasteiger charge is -2.42. The first-order valence-electron chi connectivity index (χ1n) is 6.52. The number of nitrogens with one attached hydrogen (secondary N) is 1. The fourth-order valence-electron chi connectivity index (χ4n) is 2.41. The van der Waals surface area contributed by atoms with Gasteiger partial charge in [-0.3, -0.25) is 0 Å². The maximum Gasteiger partial charge on any atom is 0.135 e. The van der Waals surface area contributed by atoms with Crippen LogP contribution in [0.1, 0.15) is 20.3 Å². The van der Waals surface area contributed by atoms with E-state index in [9.17, 15) is 0 Å². The molecule has 1 aliphatic heterocycles. The van der Waals surface area contributed by atoms with Crippen LogP contribution in [0.25, 0.3) is 0 Å². The van der Waals surface area contributed by atoms with E-state index in [0.29, 0.717) is 0 Å². The average molecular weight is 392 g/mol. The van der Waals surface area contributed by atoms with Crippen LogP contribution in [0.15, 0.2) is 21.1 Å². The zero-order chi connectivity index (χ0) is 14.0.